The Balaban J connectivity index is 1.74. The van der Waals surface area contributed by atoms with Gasteiger partial charge < -0.3 is 14.8 Å². The van der Waals surface area contributed by atoms with E-state index in [1.54, 1.807) is 0 Å². The highest BCUT2D eigenvalue weighted by atomic mass is 32.1. The van der Waals surface area contributed by atoms with Crippen LogP contribution in [0.15, 0.2) is 41.8 Å². The summed E-state index contributed by atoms with van der Waals surface area (Å²) in [7, 11) is 0. The van der Waals surface area contributed by atoms with Gasteiger partial charge in [-0.2, -0.15) is 0 Å². The second-order valence-electron chi connectivity index (χ2n) is 7.49. The van der Waals surface area contributed by atoms with Crippen molar-refractivity contribution in [2.45, 2.75) is 40.1 Å². The third-order valence-electron chi connectivity index (χ3n) is 4.41. The smallest absolute Gasteiger partial charge is 0.265 e. The molecule has 1 aliphatic rings. The second-order valence-corrected chi connectivity index (χ2v) is 8.44. The lowest BCUT2D eigenvalue weighted by Gasteiger charge is -2.44. The van der Waals surface area contributed by atoms with E-state index < -0.39 is 6.29 Å². The maximum atomic E-state index is 12.2. The summed E-state index contributed by atoms with van der Waals surface area (Å²) >= 11 is 1.42. The molecule has 2 aromatic rings. The van der Waals surface area contributed by atoms with Gasteiger partial charge in [-0.25, -0.2) is 0 Å². The monoisotopic (exact) mass is 359 g/mol. The Kier molecular flexibility index (Phi) is 5.27. The number of thiophene rings is 1. The Labute approximate surface area is 153 Å². The summed E-state index contributed by atoms with van der Waals surface area (Å²) in [5, 5.41) is 4.83. The van der Waals surface area contributed by atoms with Gasteiger partial charge in [0.15, 0.2) is 6.29 Å². The third-order valence-corrected chi connectivity index (χ3v) is 5.28. The first-order valence-corrected chi connectivity index (χ1v) is 9.47. The molecule has 1 aromatic carbocycles. The number of hydrogen-bond donors (Lipinski definition) is 1. The largest absolute Gasteiger partial charge is 0.348 e. The summed E-state index contributed by atoms with van der Waals surface area (Å²) in [5.41, 5.74) is 1.65. The van der Waals surface area contributed by atoms with Crippen LogP contribution < -0.4 is 5.32 Å². The molecule has 0 aliphatic carbocycles. The number of benzene rings is 1. The molecule has 1 amide bonds. The van der Waals surface area contributed by atoms with E-state index in [2.05, 4.69) is 33.0 Å². The molecule has 0 unspecified atom stereocenters. The summed E-state index contributed by atoms with van der Waals surface area (Å²) in [6, 6.07) is 11.4. The normalized spacial score (nSPS) is 22.8. The van der Waals surface area contributed by atoms with E-state index in [9.17, 15) is 4.79 Å². The van der Waals surface area contributed by atoms with Crippen molar-refractivity contribution in [3.8, 4) is 0 Å². The molecule has 1 aliphatic heterocycles. The molecule has 5 heteroatoms. The highest BCUT2D eigenvalue weighted by molar-refractivity contribution is 7.12. The van der Waals surface area contributed by atoms with Crippen LogP contribution in [0.1, 0.15) is 49.2 Å². The van der Waals surface area contributed by atoms with Gasteiger partial charge in [0.1, 0.15) is 0 Å². The van der Waals surface area contributed by atoms with Gasteiger partial charge >= 0.3 is 0 Å². The zero-order valence-corrected chi connectivity index (χ0v) is 15.9. The first-order chi connectivity index (χ1) is 11.9. The minimum absolute atomic E-state index is 0.0182. The van der Waals surface area contributed by atoms with Crippen molar-refractivity contribution in [1.82, 2.24) is 0 Å². The van der Waals surface area contributed by atoms with E-state index >= 15 is 0 Å². The summed E-state index contributed by atoms with van der Waals surface area (Å²) in [5.74, 6) is 0.307. The van der Waals surface area contributed by atoms with E-state index in [-0.39, 0.29) is 17.4 Å². The van der Waals surface area contributed by atoms with Crippen LogP contribution in [-0.4, -0.2) is 18.6 Å². The molecule has 1 aromatic heterocycles. The van der Waals surface area contributed by atoms with Crippen LogP contribution in [0.2, 0.25) is 0 Å². The molecule has 1 fully saturated rings. The molecule has 0 bridgehead atoms. The van der Waals surface area contributed by atoms with Gasteiger partial charge in [0.2, 0.25) is 0 Å². The number of rotatable bonds is 4. The van der Waals surface area contributed by atoms with Crippen molar-refractivity contribution in [2.75, 3.05) is 11.9 Å². The van der Waals surface area contributed by atoms with Crippen LogP contribution in [-0.2, 0) is 9.47 Å². The van der Waals surface area contributed by atoms with Crippen molar-refractivity contribution in [3.63, 3.8) is 0 Å². The average molecular weight is 359 g/mol. The topological polar surface area (TPSA) is 47.6 Å². The average Bonchev–Trinajstić information content (AvgIpc) is 3.09. The van der Waals surface area contributed by atoms with Crippen molar-refractivity contribution in [2.24, 2.45) is 11.3 Å². The number of amides is 1. The first-order valence-electron chi connectivity index (χ1n) is 8.59. The Morgan fingerprint density at radius 2 is 2.08 bits per heavy atom. The van der Waals surface area contributed by atoms with Crippen LogP contribution in [0.4, 0.5) is 5.69 Å². The number of nitrogens with one attached hydrogen (secondary N) is 1. The van der Waals surface area contributed by atoms with Gasteiger partial charge in [0.25, 0.3) is 5.91 Å². The molecule has 1 saturated heterocycles. The highest BCUT2D eigenvalue weighted by Gasteiger charge is 2.40. The molecule has 3 rings (SSSR count). The van der Waals surface area contributed by atoms with Crippen molar-refractivity contribution < 1.29 is 14.3 Å². The maximum absolute atomic E-state index is 12.2. The lowest BCUT2D eigenvalue weighted by atomic mass is 9.80. The molecule has 0 saturated carbocycles. The molecular weight excluding hydrogens is 334 g/mol. The van der Waals surface area contributed by atoms with Crippen LogP contribution in [0.5, 0.6) is 0 Å². The Morgan fingerprint density at radius 3 is 2.76 bits per heavy atom. The summed E-state index contributed by atoms with van der Waals surface area (Å²) in [4.78, 5) is 12.9. The lowest BCUT2D eigenvalue weighted by Crippen LogP contribution is -2.45. The molecule has 2 atom stereocenters. The van der Waals surface area contributed by atoms with Gasteiger partial charge in [-0.1, -0.05) is 45.9 Å². The maximum Gasteiger partial charge on any atom is 0.265 e. The zero-order chi connectivity index (χ0) is 18.0. The quantitative estimate of drug-likeness (QED) is 0.826. The molecule has 4 nitrogen and oxygen atoms in total. The number of carbonyl (C=O) groups excluding carboxylic acids is 1. The fourth-order valence-electron chi connectivity index (χ4n) is 3.33. The van der Waals surface area contributed by atoms with Crippen molar-refractivity contribution >= 4 is 22.9 Å². The zero-order valence-electron chi connectivity index (χ0n) is 15.1. The van der Waals surface area contributed by atoms with Crippen LogP contribution in [0.3, 0.4) is 0 Å². The molecule has 0 spiro atoms. The highest BCUT2D eigenvalue weighted by Crippen LogP contribution is 2.39. The van der Waals surface area contributed by atoms with Crippen molar-refractivity contribution in [3.05, 3.63) is 52.2 Å². The lowest BCUT2D eigenvalue weighted by molar-refractivity contribution is -0.274. The van der Waals surface area contributed by atoms with Gasteiger partial charge in [0, 0.05) is 16.7 Å². The Bertz CT molecular complexity index is 724. The van der Waals surface area contributed by atoms with Crippen LogP contribution >= 0.6 is 11.3 Å². The fourth-order valence-corrected chi connectivity index (χ4v) is 3.95. The molecular formula is C20H25NO3S. The second kappa shape index (κ2) is 7.28. The number of hydrogen-bond acceptors (Lipinski definition) is 4. The number of carbonyl (C=O) groups is 1. The fraction of sp³-hybridized carbons (Fsp3) is 0.450. The third kappa shape index (κ3) is 4.11. The minimum Gasteiger partial charge on any atom is -0.348 e. The molecule has 2 heterocycles. The van der Waals surface area contributed by atoms with E-state index in [0.717, 1.165) is 11.3 Å². The summed E-state index contributed by atoms with van der Waals surface area (Å²) in [6.45, 7) is 9.34. The molecule has 25 heavy (non-hydrogen) atoms. The predicted octanol–water partition coefficient (Wildman–Crippen LogP) is 5.10. The molecule has 1 N–H and O–H groups in total. The van der Waals surface area contributed by atoms with E-state index in [1.807, 2.05) is 41.8 Å². The van der Waals surface area contributed by atoms with Gasteiger partial charge in [-0.05, 0) is 29.5 Å². The number of ether oxygens (including phenoxy) is 2. The van der Waals surface area contributed by atoms with Gasteiger partial charge in [-0.3, -0.25) is 4.79 Å². The van der Waals surface area contributed by atoms with Gasteiger partial charge in [-0.15, -0.1) is 11.3 Å². The van der Waals surface area contributed by atoms with Crippen molar-refractivity contribution in [1.29, 1.82) is 0 Å². The molecule has 0 radical (unpaired) electrons. The Morgan fingerprint density at radius 1 is 1.28 bits per heavy atom. The van der Waals surface area contributed by atoms with Crippen LogP contribution in [0, 0.1) is 11.3 Å². The van der Waals surface area contributed by atoms with E-state index in [4.69, 9.17) is 9.47 Å². The minimum atomic E-state index is -0.404. The summed E-state index contributed by atoms with van der Waals surface area (Å²) < 4.78 is 12.2. The Hall–Kier alpha value is -1.69. The first kappa shape index (κ1) is 18.1. The van der Waals surface area contributed by atoms with Gasteiger partial charge in [0.05, 0.1) is 17.6 Å². The summed E-state index contributed by atoms with van der Waals surface area (Å²) in [6.07, 6.45) is -0.283. The predicted molar refractivity (Wildman–Crippen MR) is 101 cm³/mol. The van der Waals surface area contributed by atoms with Crippen LogP contribution in [0.25, 0.3) is 0 Å². The SMILES string of the molecule is CC(C)[C@H]1O[C@@H](c2cccc(NC(=O)c3cccs3)c2)OCC1(C)C. The van der Waals surface area contributed by atoms with E-state index in [0.29, 0.717) is 17.4 Å². The standard InChI is InChI=1S/C20H25NO3S/c1-13(2)17-20(3,4)12-23-19(24-17)14-7-5-8-15(11-14)21-18(22)16-9-6-10-25-16/h5-11,13,17,19H,12H2,1-4H3,(H,21,22)/t17-,19+/m1/s1. The van der Waals surface area contributed by atoms with E-state index in [1.165, 1.54) is 11.3 Å². The number of anilines is 1. The molecule has 134 valence electrons.